The summed E-state index contributed by atoms with van der Waals surface area (Å²) in [6.07, 6.45) is 3.71. The summed E-state index contributed by atoms with van der Waals surface area (Å²) in [6, 6.07) is 0.752. The molecule has 1 rings (SSSR count). The van der Waals surface area contributed by atoms with Crippen LogP contribution in [0, 0.1) is 0 Å². The van der Waals surface area contributed by atoms with E-state index in [0.717, 1.165) is 32.3 Å². The Morgan fingerprint density at radius 3 is 2.78 bits per heavy atom. The third-order valence-corrected chi connectivity index (χ3v) is 3.65. The van der Waals surface area contributed by atoms with Gasteiger partial charge in [0.1, 0.15) is 0 Å². The summed E-state index contributed by atoms with van der Waals surface area (Å²) >= 11 is 0. The van der Waals surface area contributed by atoms with Crippen LogP contribution in [0.5, 0.6) is 0 Å². The quantitative estimate of drug-likeness (QED) is 0.592. The van der Waals surface area contributed by atoms with Gasteiger partial charge in [-0.1, -0.05) is 13.3 Å². The van der Waals surface area contributed by atoms with Gasteiger partial charge in [-0.25, -0.2) is 0 Å². The van der Waals surface area contributed by atoms with Crippen molar-refractivity contribution >= 4 is 0 Å². The van der Waals surface area contributed by atoms with Gasteiger partial charge in [0.2, 0.25) is 0 Å². The lowest BCUT2D eigenvalue weighted by Gasteiger charge is -2.20. The molecule has 108 valence electrons. The minimum absolute atomic E-state index is 0.752. The Kier molecular flexibility index (Phi) is 8.59. The number of hydrogen-bond acceptors (Lipinski definition) is 4. The number of ether oxygens (including phenoxy) is 1. The molecule has 0 aromatic rings. The van der Waals surface area contributed by atoms with Gasteiger partial charge in [0, 0.05) is 38.8 Å². The number of likely N-dealkylation sites (tertiary alicyclic amines) is 1. The van der Waals surface area contributed by atoms with Gasteiger partial charge in [0.15, 0.2) is 0 Å². The normalized spacial score (nSPS) is 21.0. The Labute approximate surface area is 113 Å². The van der Waals surface area contributed by atoms with Crippen LogP contribution in [0.4, 0.5) is 0 Å². The molecule has 1 fully saturated rings. The molecule has 0 aromatic heterocycles. The Morgan fingerprint density at radius 1 is 1.28 bits per heavy atom. The van der Waals surface area contributed by atoms with E-state index in [0.29, 0.717) is 0 Å². The van der Waals surface area contributed by atoms with Crippen LogP contribution < -0.4 is 5.32 Å². The summed E-state index contributed by atoms with van der Waals surface area (Å²) in [5.41, 5.74) is 0. The van der Waals surface area contributed by atoms with Crippen LogP contribution in [0.2, 0.25) is 0 Å². The van der Waals surface area contributed by atoms with Crippen molar-refractivity contribution in [1.29, 1.82) is 0 Å². The van der Waals surface area contributed by atoms with Gasteiger partial charge in [-0.2, -0.15) is 0 Å². The van der Waals surface area contributed by atoms with Crippen molar-refractivity contribution in [2.75, 3.05) is 60.0 Å². The van der Waals surface area contributed by atoms with Gasteiger partial charge in [-0.05, 0) is 33.5 Å². The molecule has 0 aromatic carbocycles. The van der Waals surface area contributed by atoms with Crippen LogP contribution in [-0.2, 0) is 4.74 Å². The van der Waals surface area contributed by atoms with Crippen LogP contribution in [0.25, 0.3) is 0 Å². The largest absolute Gasteiger partial charge is 0.380 e. The van der Waals surface area contributed by atoms with E-state index in [-0.39, 0.29) is 0 Å². The van der Waals surface area contributed by atoms with Crippen molar-refractivity contribution in [2.24, 2.45) is 0 Å². The summed E-state index contributed by atoms with van der Waals surface area (Å²) in [7, 11) is 4.36. The van der Waals surface area contributed by atoms with E-state index >= 15 is 0 Å². The van der Waals surface area contributed by atoms with Gasteiger partial charge in [0.05, 0.1) is 6.61 Å². The molecular weight excluding hydrogens is 226 g/mol. The Morgan fingerprint density at radius 2 is 2.11 bits per heavy atom. The van der Waals surface area contributed by atoms with Crippen molar-refractivity contribution in [3.8, 4) is 0 Å². The van der Waals surface area contributed by atoms with Crippen LogP contribution >= 0.6 is 0 Å². The van der Waals surface area contributed by atoms with Crippen molar-refractivity contribution in [2.45, 2.75) is 32.2 Å². The zero-order valence-electron chi connectivity index (χ0n) is 12.5. The number of unbranched alkanes of at least 4 members (excludes halogenated alkanes) is 1. The van der Waals surface area contributed by atoms with Gasteiger partial charge >= 0.3 is 0 Å². The molecule has 0 saturated carbocycles. The molecule has 0 bridgehead atoms. The van der Waals surface area contributed by atoms with E-state index in [4.69, 9.17) is 4.74 Å². The molecule has 4 nitrogen and oxygen atoms in total. The lowest BCUT2D eigenvalue weighted by molar-refractivity contribution is 0.132. The highest BCUT2D eigenvalue weighted by Crippen LogP contribution is 2.11. The number of rotatable bonds is 10. The molecule has 1 aliphatic rings. The summed E-state index contributed by atoms with van der Waals surface area (Å²) in [4.78, 5) is 4.89. The van der Waals surface area contributed by atoms with E-state index in [2.05, 4.69) is 36.1 Å². The van der Waals surface area contributed by atoms with E-state index < -0.39 is 0 Å². The zero-order chi connectivity index (χ0) is 13.2. The molecule has 0 spiro atoms. The lowest BCUT2D eigenvalue weighted by Crippen LogP contribution is -2.35. The molecule has 1 aliphatic heterocycles. The van der Waals surface area contributed by atoms with Gasteiger partial charge < -0.3 is 19.9 Å². The van der Waals surface area contributed by atoms with Crippen LogP contribution in [-0.4, -0.2) is 75.9 Å². The smallest absolute Gasteiger partial charge is 0.0590 e. The Hall–Kier alpha value is -0.160. The summed E-state index contributed by atoms with van der Waals surface area (Å²) in [6.45, 7) is 9.65. The number of nitrogens with zero attached hydrogens (tertiary/aromatic N) is 2. The summed E-state index contributed by atoms with van der Waals surface area (Å²) in [5.74, 6) is 0. The molecule has 0 amide bonds. The average Bonchev–Trinajstić information content (AvgIpc) is 2.81. The minimum atomic E-state index is 0.752. The highest BCUT2D eigenvalue weighted by atomic mass is 16.5. The standard InChI is InChI=1S/C14H31N3O/c1-4-5-11-18-12-8-15-7-10-17-9-6-14(13-17)16(2)3/h14-15H,4-13H2,1-3H3. The molecule has 1 atom stereocenters. The van der Waals surface area contributed by atoms with Crippen molar-refractivity contribution in [3.63, 3.8) is 0 Å². The van der Waals surface area contributed by atoms with Crippen LogP contribution in [0.1, 0.15) is 26.2 Å². The second kappa shape index (κ2) is 9.73. The third-order valence-electron chi connectivity index (χ3n) is 3.65. The van der Waals surface area contributed by atoms with Gasteiger partial charge in [-0.3, -0.25) is 0 Å². The fourth-order valence-corrected chi connectivity index (χ4v) is 2.29. The highest BCUT2D eigenvalue weighted by Gasteiger charge is 2.22. The highest BCUT2D eigenvalue weighted by molar-refractivity contribution is 4.80. The van der Waals surface area contributed by atoms with Crippen molar-refractivity contribution < 1.29 is 4.74 Å². The predicted octanol–water partition coefficient (Wildman–Crippen LogP) is 1.03. The van der Waals surface area contributed by atoms with E-state index in [1.54, 1.807) is 0 Å². The Bertz CT molecular complexity index is 199. The van der Waals surface area contributed by atoms with E-state index in [1.165, 1.54) is 38.9 Å². The summed E-state index contributed by atoms with van der Waals surface area (Å²) < 4.78 is 5.51. The van der Waals surface area contributed by atoms with Gasteiger partial charge in [-0.15, -0.1) is 0 Å². The van der Waals surface area contributed by atoms with Crippen LogP contribution in [0.3, 0.4) is 0 Å². The average molecular weight is 257 g/mol. The second-order valence-corrected chi connectivity index (χ2v) is 5.42. The number of nitrogens with one attached hydrogen (secondary N) is 1. The van der Waals surface area contributed by atoms with E-state index in [9.17, 15) is 0 Å². The molecule has 18 heavy (non-hydrogen) atoms. The molecule has 0 radical (unpaired) electrons. The lowest BCUT2D eigenvalue weighted by atomic mass is 10.2. The minimum Gasteiger partial charge on any atom is -0.380 e. The summed E-state index contributed by atoms with van der Waals surface area (Å²) in [5, 5.41) is 3.45. The van der Waals surface area contributed by atoms with E-state index in [1.807, 2.05) is 0 Å². The number of likely N-dealkylation sites (N-methyl/N-ethyl adjacent to an activating group) is 1. The maximum atomic E-state index is 5.51. The maximum Gasteiger partial charge on any atom is 0.0590 e. The molecule has 1 unspecified atom stereocenters. The topological polar surface area (TPSA) is 27.7 Å². The van der Waals surface area contributed by atoms with Crippen LogP contribution in [0.15, 0.2) is 0 Å². The first kappa shape index (κ1) is 15.9. The second-order valence-electron chi connectivity index (χ2n) is 5.42. The molecule has 1 N–H and O–H groups in total. The van der Waals surface area contributed by atoms with Crippen molar-refractivity contribution in [3.05, 3.63) is 0 Å². The SMILES string of the molecule is CCCCOCCNCCN1CCC(N(C)C)C1. The fourth-order valence-electron chi connectivity index (χ4n) is 2.29. The fraction of sp³-hybridized carbons (Fsp3) is 1.00. The molecule has 4 heteroatoms. The maximum absolute atomic E-state index is 5.51. The number of hydrogen-bond donors (Lipinski definition) is 1. The molecule has 0 aliphatic carbocycles. The van der Waals surface area contributed by atoms with Gasteiger partial charge in [0.25, 0.3) is 0 Å². The zero-order valence-corrected chi connectivity index (χ0v) is 12.5. The molecule has 1 heterocycles. The Balaban J connectivity index is 1.87. The monoisotopic (exact) mass is 257 g/mol. The first-order valence-electron chi connectivity index (χ1n) is 7.41. The third kappa shape index (κ3) is 6.69. The first-order chi connectivity index (χ1) is 8.74. The molecule has 1 saturated heterocycles. The first-order valence-corrected chi connectivity index (χ1v) is 7.41. The molecular formula is C14H31N3O. The van der Waals surface area contributed by atoms with Crippen molar-refractivity contribution in [1.82, 2.24) is 15.1 Å². The predicted molar refractivity (Wildman–Crippen MR) is 77.1 cm³/mol.